The monoisotopic (exact) mass is 574 g/mol. The topological polar surface area (TPSA) is 120 Å². The van der Waals surface area contributed by atoms with Crippen LogP contribution in [0.2, 0.25) is 0 Å². The highest BCUT2D eigenvalue weighted by molar-refractivity contribution is 5.67. The normalized spacial score (nSPS) is 51.7. The third-order valence-electron chi connectivity index (χ3n) is 14.5. The number of carbonyl (C=O) groups is 2. The zero-order valence-electron chi connectivity index (χ0n) is 26.5. The smallest absolute Gasteiger partial charge is 0.407 e. The Morgan fingerprint density at radius 1 is 1.02 bits per heavy atom. The Bertz CT molecular complexity index is 1100. The Morgan fingerprint density at radius 2 is 1.68 bits per heavy atom. The summed E-state index contributed by atoms with van der Waals surface area (Å²) in [6.45, 7) is 15.9. The number of alkyl carbamates (subject to hydrolysis) is 1. The van der Waals surface area contributed by atoms with E-state index in [1.54, 1.807) is 7.05 Å². The first-order valence-corrected chi connectivity index (χ1v) is 16.3. The van der Waals surface area contributed by atoms with Crippen molar-refractivity contribution in [2.45, 2.75) is 130 Å². The first-order valence-electron chi connectivity index (χ1n) is 16.3. The van der Waals surface area contributed by atoms with Gasteiger partial charge in [-0.15, -0.1) is 0 Å². The van der Waals surface area contributed by atoms with Crippen LogP contribution in [-0.4, -0.2) is 54.9 Å². The second-order valence-electron chi connectivity index (χ2n) is 16.3. The van der Waals surface area contributed by atoms with Crippen molar-refractivity contribution in [1.82, 2.24) is 5.32 Å². The Balaban J connectivity index is 1.31. The molecule has 6 fully saturated rings. The third-order valence-corrected chi connectivity index (χ3v) is 14.5. The van der Waals surface area contributed by atoms with Gasteiger partial charge in [-0.05, 0) is 97.2 Å². The lowest BCUT2D eigenvalue weighted by atomic mass is 9.41. The number of hydrogen-bond donors (Lipinski definition) is 3. The zero-order valence-corrected chi connectivity index (χ0v) is 26.5. The number of fused-ring (bicyclic) bond motifs is 4. The molecule has 0 aromatic rings. The Labute approximate surface area is 246 Å². The molecule has 8 heteroatoms. The summed E-state index contributed by atoms with van der Waals surface area (Å²) >= 11 is 0. The quantitative estimate of drug-likeness (QED) is 0.399. The number of nitrogens with two attached hydrogens (primary N) is 1. The van der Waals surface area contributed by atoms with E-state index in [0.717, 1.165) is 38.5 Å². The van der Waals surface area contributed by atoms with Crippen molar-refractivity contribution in [3.05, 3.63) is 0 Å². The molecule has 1 heterocycles. The van der Waals surface area contributed by atoms with E-state index in [0.29, 0.717) is 17.8 Å². The van der Waals surface area contributed by atoms with E-state index >= 15 is 0 Å². The van der Waals surface area contributed by atoms with Crippen molar-refractivity contribution in [3.8, 4) is 0 Å². The van der Waals surface area contributed by atoms with Crippen LogP contribution >= 0.6 is 0 Å². The first-order chi connectivity index (χ1) is 19.1. The van der Waals surface area contributed by atoms with Crippen molar-refractivity contribution >= 4 is 12.2 Å². The molecule has 13 atom stereocenters. The Kier molecular flexibility index (Phi) is 6.65. The highest BCUT2D eigenvalue weighted by Gasteiger charge is 2.84. The average molecular weight is 575 g/mol. The van der Waals surface area contributed by atoms with E-state index in [4.69, 9.17) is 19.9 Å². The summed E-state index contributed by atoms with van der Waals surface area (Å²) in [6.07, 6.45) is 5.86. The summed E-state index contributed by atoms with van der Waals surface area (Å²) in [4.78, 5) is 23.9. The zero-order chi connectivity index (χ0) is 29.9. The van der Waals surface area contributed by atoms with Crippen LogP contribution in [0.1, 0.15) is 99.8 Å². The van der Waals surface area contributed by atoms with Gasteiger partial charge in [0.25, 0.3) is 0 Å². The molecule has 0 aromatic heterocycles. The minimum Gasteiger partial charge on any atom is -0.446 e. The van der Waals surface area contributed by atoms with Crippen LogP contribution < -0.4 is 11.1 Å². The summed E-state index contributed by atoms with van der Waals surface area (Å²) in [5.74, 6) is 1.66. The predicted molar refractivity (Wildman–Crippen MR) is 155 cm³/mol. The molecule has 41 heavy (non-hydrogen) atoms. The van der Waals surface area contributed by atoms with Gasteiger partial charge in [0, 0.05) is 17.9 Å². The van der Waals surface area contributed by atoms with Gasteiger partial charge in [0.2, 0.25) is 0 Å². The van der Waals surface area contributed by atoms with E-state index in [2.05, 4.69) is 53.8 Å². The highest BCUT2D eigenvalue weighted by atomic mass is 16.6. The van der Waals surface area contributed by atoms with Gasteiger partial charge in [0.05, 0.1) is 18.3 Å². The minimum atomic E-state index is -0.663. The van der Waals surface area contributed by atoms with E-state index in [1.807, 2.05) is 0 Å². The average Bonchev–Trinajstić information content (AvgIpc) is 3.53. The molecular formula is C33H54N2O6. The maximum atomic E-state index is 12.4. The fourth-order valence-corrected chi connectivity index (χ4v) is 12.7. The second-order valence-corrected chi connectivity index (χ2v) is 16.3. The summed E-state index contributed by atoms with van der Waals surface area (Å²) in [6, 6.07) is 0. The van der Waals surface area contributed by atoms with Crippen LogP contribution in [0, 0.1) is 56.7 Å². The maximum Gasteiger partial charge on any atom is 0.407 e. The van der Waals surface area contributed by atoms with Crippen molar-refractivity contribution in [3.63, 3.8) is 0 Å². The summed E-state index contributed by atoms with van der Waals surface area (Å²) in [7, 11) is 1.58. The van der Waals surface area contributed by atoms with Crippen molar-refractivity contribution in [2.75, 3.05) is 7.05 Å². The highest BCUT2D eigenvalue weighted by Crippen LogP contribution is 2.89. The van der Waals surface area contributed by atoms with Gasteiger partial charge in [-0.1, -0.05) is 48.5 Å². The molecule has 0 aromatic carbocycles. The molecule has 8 nitrogen and oxygen atoms in total. The van der Waals surface area contributed by atoms with Crippen LogP contribution in [-0.2, 0) is 14.2 Å². The van der Waals surface area contributed by atoms with Crippen LogP contribution in [0.15, 0.2) is 0 Å². The van der Waals surface area contributed by atoms with Crippen LogP contribution in [0.4, 0.5) is 9.59 Å². The predicted octanol–water partition coefficient (Wildman–Crippen LogP) is 5.64. The number of aliphatic hydroxyl groups is 1. The lowest BCUT2D eigenvalue weighted by molar-refractivity contribution is -0.184. The SMILES string of the molecule is CNC(=O)O[C@H](C(C)C)[C@H]1C[C@@H](C)[C@H]2[C@H](O1)[C@H](O)[C@@]1(C)[C@@H]3CC[C@H]4C(C)(C)[C@@H](OC(N)=O)CC[C@@]45C[C@@]35CC[C@]21C. The molecule has 1 aliphatic heterocycles. The van der Waals surface area contributed by atoms with E-state index in [1.165, 1.54) is 12.8 Å². The van der Waals surface area contributed by atoms with Gasteiger partial charge in [-0.2, -0.15) is 0 Å². The van der Waals surface area contributed by atoms with Crippen molar-refractivity contribution in [2.24, 2.45) is 62.4 Å². The molecule has 5 aliphatic carbocycles. The molecule has 5 saturated carbocycles. The fraction of sp³-hybridized carbons (Fsp3) is 0.939. The number of nitrogens with one attached hydrogen (secondary N) is 1. The number of ether oxygens (including phenoxy) is 3. The van der Waals surface area contributed by atoms with Crippen LogP contribution in [0.25, 0.3) is 0 Å². The molecule has 2 amide bonds. The largest absolute Gasteiger partial charge is 0.446 e. The van der Waals surface area contributed by atoms with Crippen molar-refractivity contribution in [1.29, 1.82) is 0 Å². The first kappa shape index (κ1) is 29.5. The Morgan fingerprint density at radius 3 is 2.32 bits per heavy atom. The second kappa shape index (κ2) is 9.23. The fourth-order valence-electron chi connectivity index (χ4n) is 12.7. The lowest BCUT2D eigenvalue weighted by Gasteiger charge is -2.63. The number of aliphatic hydroxyl groups excluding tert-OH is 1. The summed E-state index contributed by atoms with van der Waals surface area (Å²) in [5.41, 5.74) is 5.58. The van der Waals surface area contributed by atoms with E-state index in [-0.39, 0.29) is 63.3 Å². The third kappa shape index (κ3) is 3.64. The molecule has 0 unspecified atom stereocenters. The molecule has 6 aliphatic rings. The van der Waals surface area contributed by atoms with Gasteiger partial charge in [-0.25, -0.2) is 9.59 Å². The lowest BCUT2D eigenvalue weighted by Crippen LogP contribution is -2.60. The minimum absolute atomic E-state index is 0.0230. The summed E-state index contributed by atoms with van der Waals surface area (Å²) < 4.78 is 18.4. The number of rotatable bonds is 4. The molecule has 1 saturated heterocycles. The van der Waals surface area contributed by atoms with Gasteiger partial charge >= 0.3 is 12.2 Å². The van der Waals surface area contributed by atoms with Gasteiger partial charge in [0.1, 0.15) is 12.2 Å². The Hall–Kier alpha value is -1.54. The van der Waals surface area contributed by atoms with E-state index in [9.17, 15) is 14.7 Å². The van der Waals surface area contributed by atoms with Crippen LogP contribution in [0.5, 0.6) is 0 Å². The molecular weight excluding hydrogens is 520 g/mol. The number of hydrogen-bond acceptors (Lipinski definition) is 6. The number of carbonyl (C=O) groups excluding carboxylic acids is 2. The number of primary amides is 1. The number of amides is 2. The molecule has 232 valence electrons. The standard InChI is InChI=1S/C33H54N2O6/c1-17(2)24(41-28(38)35-8)19-15-18(3)23-25(39-19)26(36)31(7)21-10-9-20-29(4,5)22(40-27(34)37)11-12-32(20)16-33(21,32)14-13-30(23,31)6/h17-26,36H,9-16H2,1-8H3,(H2,34,37)(H,35,38)/t18-,19-,20+,21+,22+,23+,24-,25+,26+,30-,31-,32-,33+/m1/s1. The van der Waals surface area contributed by atoms with Gasteiger partial charge in [0.15, 0.2) is 0 Å². The van der Waals surface area contributed by atoms with Crippen LogP contribution in [0.3, 0.4) is 0 Å². The van der Waals surface area contributed by atoms with Gasteiger partial charge in [-0.3, -0.25) is 0 Å². The molecule has 0 radical (unpaired) electrons. The molecule has 0 bridgehead atoms. The summed E-state index contributed by atoms with van der Waals surface area (Å²) in [5, 5.41) is 15.0. The molecule has 2 spiro atoms. The molecule has 6 rings (SSSR count). The molecule has 4 N–H and O–H groups in total. The van der Waals surface area contributed by atoms with Crippen molar-refractivity contribution < 1.29 is 28.9 Å². The maximum absolute atomic E-state index is 12.4. The van der Waals surface area contributed by atoms with E-state index < -0.39 is 18.3 Å². The van der Waals surface area contributed by atoms with Gasteiger partial charge < -0.3 is 30.4 Å².